The number of nitrogens with two attached hydrogens (primary N) is 1. The van der Waals surface area contributed by atoms with Gasteiger partial charge >= 0.3 is 25.7 Å². The Kier molecular flexibility index (Phi) is 12.0. The van der Waals surface area contributed by atoms with Crippen LogP contribution in [0.25, 0.3) is 5.52 Å². The second-order valence-corrected chi connectivity index (χ2v) is 14.2. The number of para-hydroxylation sites is 1. The number of hydrogen-bond donors (Lipinski definition) is 2. The van der Waals surface area contributed by atoms with Crippen LogP contribution in [0.2, 0.25) is 0 Å². The SMILES string of the molecule is CCN1CCC(COC(=O)[C@H](C)NP(=O)(OC[C@@]2(C#N)O[C@@H](c3ccc4c(N)ccnn34)[C@H](OC(C)=O)[C@@H]2OC(C)=O)Oc2ccccc2)CC1. The van der Waals surface area contributed by atoms with Crippen LogP contribution in [0.15, 0.2) is 54.7 Å². The van der Waals surface area contributed by atoms with Crippen LogP contribution in [0.1, 0.15) is 52.3 Å². The van der Waals surface area contributed by atoms with Gasteiger partial charge in [-0.25, -0.2) is 9.08 Å². The normalized spacial score (nSPS) is 24.3. The molecule has 6 atom stereocenters. The molecule has 0 radical (unpaired) electrons. The molecule has 1 unspecified atom stereocenters. The second-order valence-electron chi connectivity index (χ2n) is 12.5. The van der Waals surface area contributed by atoms with Gasteiger partial charge in [0.1, 0.15) is 30.6 Å². The Hall–Kier alpha value is -4.52. The highest BCUT2D eigenvalue weighted by atomic mass is 31.2. The molecule has 0 aliphatic carbocycles. The van der Waals surface area contributed by atoms with Crippen LogP contribution in [0.4, 0.5) is 5.69 Å². The van der Waals surface area contributed by atoms with Gasteiger partial charge in [0.15, 0.2) is 12.2 Å². The van der Waals surface area contributed by atoms with E-state index in [1.165, 1.54) is 29.8 Å². The van der Waals surface area contributed by atoms with E-state index in [2.05, 4.69) is 22.0 Å². The molecule has 51 heavy (non-hydrogen) atoms. The van der Waals surface area contributed by atoms with Gasteiger partial charge in [-0.05, 0) is 75.6 Å². The van der Waals surface area contributed by atoms with Crippen molar-refractivity contribution in [2.45, 2.75) is 70.5 Å². The summed E-state index contributed by atoms with van der Waals surface area (Å²) >= 11 is 0. The predicted octanol–water partition coefficient (Wildman–Crippen LogP) is 3.57. The predicted molar refractivity (Wildman–Crippen MR) is 182 cm³/mol. The minimum Gasteiger partial charge on any atom is -0.464 e. The standard InChI is InChI=1S/C34H43N6O10P/c1-5-39-17-14-25(15-18-39)19-45-33(43)22(2)38-51(44,50-26-9-7-6-8-10-26)46-21-34(20-35)32(48-24(4)42)31(47-23(3)41)30(49-34)29-12-11-28-27(36)13-16-37-40(28)29/h6-13,16,22,25,30-32H,5,14-15,17-19,21,36H2,1-4H3,(H,38,44)/t22-,30-,31-,32-,34+,51?/m0/s1. The van der Waals surface area contributed by atoms with Crippen molar-refractivity contribution in [1.29, 1.82) is 5.26 Å². The molecule has 0 amide bonds. The van der Waals surface area contributed by atoms with Crippen LogP contribution < -0.4 is 15.3 Å². The maximum atomic E-state index is 14.4. The van der Waals surface area contributed by atoms with E-state index in [-0.39, 0.29) is 18.3 Å². The lowest BCUT2D eigenvalue weighted by atomic mass is 9.95. The van der Waals surface area contributed by atoms with Gasteiger partial charge < -0.3 is 34.1 Å². The van der Waals surface area contributed by atoms with Crippen LogP contribution in [-0.2, 0) is 42.4 Å². The zero-order chi connectivity index (χ0) is 36.8. The number of carbonyl (C=O) groups excluding carboxylic acids is 3. The molecule has 0 spiro atoms. The Labute approximate surface area is 295 Å². The van der Waals surface area contributed by atoms with Crippen molar-refractivity contribution in [3.05, 3.63) is 60.4 Å². The van der Waals surface area contributed by atoms with E-state index in [1.807, 2.05) is 6.07 Å². The molecule has 2 aliphatic rings. The number of nitrogens with one attached hydrogen (secondary N) is 1. The van der Waals surface area contributed by atoms with E-state index in [0.717, 1.165) is 46.3 Å². The molecule has 5 rings (SSSR count). The van der Waals surface area contributed by atoms with Crippen LogP contribution in [0.3, 0.4) is 0 Å². The number of likely N-dealkylation sites (tertiary alicyclic amines) is 1. The molecule has 2 fully saturated rings. The summed E-state index contributed by atoms with van der Waals surface area (Å²) in [6.07, 6.45) is -0.962. The Morgan fingerprint density at radius 1 is 1.12 bits per heavy atom. The summed E-state index contributed by atoms with van der Waals surface area (Å²) in [7, 11) is -4.53. The monoisotopic (exact) mass is 726 g/mol. The number of carbonyl (C=O) groups is 3. The summed E-state index contributed by atoms with van der Waals surface area (Å²) in [6, 6.07) is 13.8. The van der Waals surface area contributed by atoms with Crippen LogP contribution in [-0.4, -0.2) is 89.1 Å². The fourth-order valence-corrected chi connectivity index (χ4v) is 7.68. The highest BCUT2D eigenvalue weighted by molar-refractivity contribution is 7.52. The topological polar surface area (TPSA) is 206 Å². The first kappa shape index (κ1) is 37.7. The zero-order valence-corrected chi connectivity index (χ0v) is 29.8. The number of nitrogen functional groups attached to an aromatic ring is 1. The number of nitrogens with zero attached hydrogens (tertiary/aromatic N) is 4. The highest BCUT2D eigenvalue weighted by Crippen LogP contribution is 2.50. The summed E-state index contributed by atoms with van der Waals surface area (Å²) in [4.78, 5) is 40.2. The number of aromatic nitrogens is 2. The molecule has 2 aromatic heterocycles. The molecule has 1 aromatic carbocycles. The lowest BCUT2D eigenvalue weighted by Gasteiger charge is -2.31. The first-order valence-corrected chi connectivity index (χ1v) is 18.2. The first-order chi connectivity index (χ1) is 24.4. The molecule has 17 heteroatoms. The minimum absolute atomic E-state index is 0.130. The van der Waals surface area contributed by atoms with Crippen molar-refractivity contribution in [3.8, 4) is 11.8 Å². The molecular formula is C34H43N6O10P. The number of anilines is 1. The lowest BCUT2D eigenvalue weighted by Crippen LogP contribution is -2.49. The second kappa shape index (κ2) is 16.2. The minimum atomic E-state index is -4.53. The van der Waals surface area contributed by atoms with E-state index in [9.17, 15) is 24.2 Å². The number of esters is 3. The van der Waals surface area contributed by atoms with Crippen molar-refractivity contribution in [2.24, 2.45) is 5.92 Å². The van der Waals surface area contributed by atoms with E-state index in [0.29, 0.717) is 16.9 Å². The van der Waals surface area contributed by atoms with Gasteiger partial charge in [0.05, 0.1) is 23.5 Å². The van der Waals surface area contributed by atoms with Crippen molar-refractivity contribution in [1.82, 2.24) is 19.6 Å². The van der Waals surface area contributed by atoms with Crippen molar-refractivity contribution >= 4 is 36.9 Å². The number of rotatable bonds is 14. The largest absolute Gasteiger partial charge is 0.464 e. The van der Waals surface area contributed by atoms with Crippen molar-refractivity contribution in [2.75, 3.05) is 38.6 Å². The Bertz CT molecular complexity index is 1790. The number of nitriles is 1. The average molecular weight is 727 g/mol. The fraction of sp³-hybridized carbons (Fsp3) is 0.500. The van der Waals surface area contributed by atoms with Gasteiger partial charge in [0.25, 0.3) is 0 Å². The third-order valence-corrected chi connectivity index (χ3v) is 10.4. The van der Waals surface area contributed by atoms with E-state index < -0.39 is 62.2 Å². The molecule has 4 heterocycles. The van der Waals surface area contributed by atoms with Crippen molar-refractivity contribution in [3.63, 3.8) is 0 Å². The Morgan fingerprint density at radius 2 is 1.82 bits per heavy atom. The molecule has 274 valence electrons. The number of hydrogen-bond acceptors (Lipinski definition) is 14. The molecule has 0 saturated carbocycles. The molecule has 2 saturated heterocycles. The quantitative estimate of drug-likeness (QED) is 0.138. The van der Waals surface area contributed by atoms with Gasteiger partial charge in [0, 0.05) is 20.0 Å². The number of piperidine rings is 1. The van der Waals surface area contributed by atoms with Gasteiger partial charge in [-0.1, -0.05) is 25.1 Å². The fourth-order valence-electron chi connectivity index (χ4n) is 6.16. The number of ether oxygens (including phenoxy) is 4. The molecular weight excluding hydrogens is 683 g/mol. The average Bonchev–Trinajstić information content (AvgIpc) is 3.66. The maximum Gasteiger partial charge on any atom is 0.459 e. The zero-order valence-electron chi connectivity index (χ0n) is 28.9. The van der Waals surface area contributed by atoms with Gasteiger partial charge in [-0.2, -0.15) is 15.4 Å². The summed E-state index contributed by atoms with van der Waals surface area (Å²) in [5.41, 5.74) is 5.13. The van der Waals surface area contributed by atoms with Gasteiger partial charge in [-0.3, -0.25) is 18.9 Å². The first-order valence-electron chi connectivity index (χ1n) is 16.7. The lowest BCUT2D eigenvalue weighted by molar-refractivity contribution is -0.166. The molecule has 3 N–H and O–H groups in total. The van der Waals surface area contributed by atoms with Crippen LogP contribution >= 0.6 is 7.75 Å². The Morgan fingerprint density at radius 3 is 2.47 bits per heavy atom. The maximum absolute atomic E-state index is 14.4. The van der Waals surface area contributed by atoms with E-state index in [1.54, 1.807) is 36.4 Å². The van der Waals surface area contributed by atoms with Crippen molar-refractivity contribution < 1.29 is 46.9 Å². The number of benzene rings is 1. The van der Waals surface area contributed by atoms with Gasteiger partial charge in [-0.15, -0.1) is 0 Å². The summed E-state index contributed by atoms with van der Waals surface area (Å²) in [5.74, 6) is -1.92. The summed E-state index contributed by atoms with van der Waals surface area (Å²) < 4.78 is 50.6. The number of fused-ring (bicyclic) bond motifs is 1. The summed E-state index contributed by atoms with van der Waals surface area (Å²) in [6.45, 7) is 7.99. The Balaban J connectivity index is 1.41. The summed E-state index contributed by atoms with van der Waals surface area (Å²) in [5, 5.41) is 17.6. The molecule has 3 aromatic rings. The molecule has 16 nitrogen and oxygen atoms in total. The molecule has 0 bridgehead atoms. The van der Waals surface area contributed by atoms with E-state index >= 15 is 0 Å². The smallest absolute Gasteiger partial charge is 0.459 e. The third-order valence-electron chi connectivity index (χ3n) is 8.82. The van der Waals surface area contributed by atoms with E-state index in [4.69, 9.17) is 33.7 Å². The van der Waals surface area contributed by atoms with Gasteiger partial charge in [0.2, 0.25) is 5.60 Å². The highest BCUT2D eigenvalue weighted by Gasteiger charge is 2.62. The molecule has 2 aliphatic heterocycles. The van der Waals surface area contributed by atoms with Crippen LogP contribution in [0, 0.1) is 17.2 Å². The third kappa shape index (κ3) is 8.87. The van der Waals surface area contributed by atoms with Crippen LogP contribution in [0.5, 0.6) is 5.75 Å².